The van der Waals surface area contributed by atoms with Gasteiger partial charge in [0.15, 0.2) is 0 Å². The molecule has 9 heteroatoms. The lowest BCUT2D eigenvalue weighted by Crippen LogP contribution is -2.53. The van der Waals surface area contributed by atoms with Gasteiger partial charge in [-0.2, -0.15) is 0 Å². The Labute approximate surface area is 213 Å². The fraction of sp³-hybridized carbons (Fsp3) is 0.462. The zero-order chi connectivity index (χ0) is 25.6. The number of carbonyl (C=O) groups excluding carboxylic acids is 2. The molecule has 0 unspecified atom stereocenters. The highest BCUT2D eigenvalue weighted by Gasteiger charge is 2.33. The van der Waals surface area contributed by atoms with Crippen molar-refractivity contribution in [1.82, 2.24) is 10.2 Å². The lowest BCUT2D eigenvalue weighted by Gasteiger charge is -2.33. The van der Waals surface area contributed by atoms with Crippen molar-refractivity contribution in [1.29, 1.82) is 0 Å². The molecule has 2 aromatic rings. The van der Waals surface area contributed by atoms with Crippen molar-refractivity contribution >= 4 is 39.1 Å². The predicted octanol–water partition coefficient (Wildman–Crippen LogP) is 4.28. The molecule has 2 amide bonds. The van der Waals surface area contributed by atoms with E-state index in [-0.39, 0.29) is 18.5 Å². The molecule has 0 bridgehead atoms. The van der Waals surface area contributed by atoms with E-state index in [2.05, 4.69) is 5.32 Å². The third-order valence-corrected chi connectivity index (χ3v) is 8.01. The Morgan fingerprint density at radius 2 is 1.74 bits per heavy atom. The van der Waals surface area contributed by atoms with E-state index in [9.17, 15) is 18.0 Å². The summed E-state index contributed by atoms with van der Waals surface area (Å²) in [5.74, 6) is -0.652. The van der Waals surface area contributed by atoms with Crippen LogP contribution in [0.15, 0.2) is 48.5 Å². The van der Waals surface area contributed by atoms with Gasteiger partial charge in [0.1, 0.15) is 12.6 Å². The van der Waals surface area contributed by atoms with E-state index in [1.165, 1.54) is 4.90 Å². The van der Waals surface area contributed by atoms with Gasteiger partial charge in [0.2, 0.25) is 21.8 Å². The normalized spacial score (nSPS) is 15.0. The zero-order valence-electron chi connectivity index (χ0n) is 20.5. The van der Waals surface area contributed by atoms with Crippen molar-refractivity contribution in [3.05, 3.63) is 64.7 Å². The third-order valence-electron chi connectivity index (χ3n) is 6.47. The smallest absolute Gasteiger partial charge is 0.244 e. The van der Waals surface area contributed by atoms with Gasteiger partial charge in [-0.25, -0.2) is 8.42 Å². The lowest BCUT2D eigenvalue weighted by molar-refractivity contribution is -0.140. The van der Waals surface area contributed by atoms with Gasteiger partial charge in [-0.1, -0.05) is 67.8 Å². The van der Waals surface area contributed by atoms with E-state index in [0.717, 1.165) is 41.8 Å². The number of sulfonamides is 1. The van der Waals surface area contributed by atoms with E-state index >= 15 is 0 Å². The Balaban J connectivity index is 1.93. The summed E-state index contributed by atoms with van der Waals surface area (Å²) in [7, 11) is -3.80. The number of nitrogens with zero attached hydrogens (tertiary/aromatic N) is 2. The number of amides is 2. The number of nitrogens with one attached hydrogen (secondary N) is 1. The molecule has 0 aromatic heterocycles. The second kappa shape index (κ2) is 11.9. The molecular weight excluding hydrogens is 486 g/mol. The van der Waals surface area contributed by atoms with Crippen LogP contribution in [0.4, 0.5) is 5.69 Å². The second-order valence-electron chi connectivity index (χ2n) is 9.07. The fourth-order valence-corrected chi connectivity index (χ4v) is 5.60. The molecule has 1 aliphatic rings. The summed E-state index contributed by atoms with van der Waals surface area (Å²) in [5.41, 5.74) is 1.77. The standard InChI is InChI=1S/C26H34ClN3O4S/c1-4-23(26(32)28-21-13-8-9-14-21)29(17-20-11-6-5-7-12-20)25(31)18-30(35(3,33)34)24-16-10-15-22(27)19(24)2/h5-7,10-12,15-16,21,23H,4,8-9,13-14,17-18H2,1-3H3,(H,28,32)/t23-/m0/s1. The molecule has 2 aromatic carbocycles. The molecule has 1 N–H and O–H groups in total. The van der Waals surface area contributed by atoms with E-state index in [4.69, 9.17) is 11.6 Å². The highest BCUT2D eigenvalue weighted by atomic mass is 35.5. The van der Waals surface area contributed by atoms with Gasteiger partial charge in [-0.15, -0.1) is 0 Å². The minimum absolute atomic E-state index is 0.117. The maximum atomic E-state index is 13.7. The maximum absolute atomic E-state index is 13.7. The van der Waals surface area contributed by atoms with Gasteiger partial charge in [-0.3, -0.25) is 13.9 Å². The molecular formula is C26H34ClN3O4S. The molecule has 35 heavy (non-hydrogen) atoms. The molecule has 190 valence electrons. The number of hydrogen-bond acceptors (Lipinski definition) is 4. The molecule has 1 saturated carbocycles. The predicted molar refractivity (Wildman–Crippen MR) is 140 cm³/mol. The van der Waals surface area contributed by atoms with Crippen molar-refractivity contribution in [3.8, 4) is 0 Å². The van der Waals surface area contributed by atoms with E-state index in [1.807, 2.05) is 37.3 Å². The summed E-state index contributed by atoms with van der Waals surface area (Å²) >= 11 is 6.24. The molecule has 1 atom stereocenters. The van der Waals surface area contributed by atoms with Crippen LogP contribution >= 0.6 is 11.6 Å². The number of benzene rings is 2. The number of carbonyl (C=O) groups is 2. The van der Waals surface area contributed by atoms with Crippen molar-refractivity contribution in [2.45, 2.75) is 64.6 Å². The lowest BCUT2D eigenvalue weighted by atomic mass is 10.1. The molecule has 0 saturated heterocycles. The first-order chi connectivity index (χ1) is 16.6. The second-order valence-corrected chi connectivity index (χ2v) is 11.4. The minimum atomic E-state index is -3.80. The van der Waals surface area contributed by atoms with Crippen molar-refractivity contribution < 1.29 is 18.0 Å². The van der Waals surface area contributed by atoms with Crippen LogP contribution in [0.25, 0.3) is 0 Å². The Hall–Kier alpha value is -2.58. The molecule has 7 nitrogen and oxygen atoms in total. The number of hydrogen-bond donors (Lipinski definition) is 1. The van der Waals surface area contributed by atoms with Crippen LogP contribution in [0.2, 0.25) is 5.02 Å². The van der Waals surface area contributed by atoms with Gasteiger partial charge in [0, 0.05) is 17.6 Å². The Kier molecular flexibility index (Phi) is 9.19. The van der Waals surface area contributed by atoms with Crippen LogP contribution in [0, 0.1) is 6.92 Å². The van der Waals surface area contributed by atoms with Crippen LogP contribution in [0.5, 0.6) is 0 Å². The number of rotatable bonds is 10. The monoisotopic (exact) mass is 519 g/mol. The largest absolute Gasteiger partial charge is 0.352 e. The maximum Gasteiger partial charge on any atom is 0.244 e. The van der Waals surface area contributed by atoms with Crippen LogP contribution in [0.1, 0.15) is 50.2 Å². The van der Waals surface area contributed by atoms with Crippen molar-refractivity contribution in [2.75, 3.05) is 17.1 Å². The van der Waals surface area contributed by atoms with E-state index < -0.39 is 28.5 Å². The Morgan fingerprint density at radius 1 is 1.09 bits per heavy atom. The molecule has 0 radical (unpaired) electrons. The summed E-state index contributed by atoms with van der Waals surface area (Å²) < 4.78 is 26.6. The first-order valence-corrected chi connectivity index (χ1v) is 14.2. The van der Waals surface area contributed by atoms with Crippen molar-refractivity contribution in [3.63, 3.8) is 0 Å². The summed E-state index contributed by atoms with van der Waals surface area (Å²) in [5, 5.41) is 3.51. The highest BCUT2D eigenvalue weighted by Crippen LogP contribution is 2.28. The number of halogens is 1. The quantitative estimate of drug-likeness (QED) is 0.507. The Bertz CT molecular complexity index is 1130. The van der Waals surface area contributed by atoms with E-state index in [1.54, 1.807) is 25.1 Å². The highest BCUT2D eigenvalue weighted by molar-refractivity contribution is 7.92. The number of anilines is 1. The van der Waals surface area contributed by atoms with Crippen LogP contribution in [-0.2, 0) is 26.2 Å². The molecule has 3 rings (SSSR count). The summed E-state index contributed by atoms with van der Waals surface area (Å²) in [6.45, 7) is 3.34. The van der Waals surface area contributed by atoms with Gasteiger partial charge < -0.3 is 10.2 Å². The molecule has 0 aliphatic heterocycles. The van der Waals surface area contributed by atoms with Gasteiger partial charge >= 0.3 is 0 Å². The van der Waals surface area contributed by atoms with Crippen LogP contribution in [-0.4, -0.2) is 50.0 Å². The van der Waals surface area contributed by atoms with Gasteiger partial charge in [0.25, 0.3) is 0 Å². The zero-order valence-corrected chi connectivity index (χ0v) is 22.1. The molecule has 0 spiro atoms. The van der Waals surface area contributed by atoms with Crippen LogP contribution < -0.4 is 9.62 Å². The first kappa shape index (κ1) is 27.0. The topological polar surface area (TPSA) is 86.8 Å². The van der Waals surface area contributed by atoms with Gasteiger partial charge in [-0.05, 0) is 49.4 Å². The molecule has 1 aliphatic carbocycles. The SMILES string of the molecule is CC[C@@H](C(=O)NC1CCCC1)N(Cc1ccccc1)C(=O)CN(c1cccc(Cl)c1C)S(C)(=O)=O. The summed E-state index contributed by atoms with van der Waals surface area (Å²) in [4.78, 5) is 28.5. The average molecular weight is 520 g/mol. The molecule has 0 heterocycles. The summed E-state index contributed by atoms with van der Waals surface area (Å²) in [6.07, 6.45) is 5.50. The fourth-order valence-electron chi connectivity index (χ4n) is 4.53. The van der Waals surface area contributed by atoms with E-state index in [0.29, 0.717) is 22.7 Å². The Morgan fingerprint density at radius 3 is 2.34 bits per heavy atom. The third kappa shape index (κ3) is 6.98. The van der Waals surface area contributed by atoms with Crippen molar-refractivity contribution in [2.24, 2.45) is 0 Å². The minimum Gasteiger partial charge on any atom is -0.352 e. The van der Waals surface area contributed by atoms with Crippen LogP contribution in [0.3, 0.4) is 0 Å². The van der Waals surface area contributed by atoms with Gasteiger partial charge in [0.05, 0.1) is 11.9 Å². The molecule has 1 fully saturated rings. The summed E-state index contributed by atoms with van der Waals surface area (Å²) in [6, 6.07) is 13.7. The first-order valence-electron chi connectivity index (χ1n) is 12.0. The average Bonchev–Trinajstić information content (AvgIpc) is 3.32.